The van der Waals surface area contributed by atoms with Crippen molar-refractivity contribution in [2.45, 2.75) is 108 Å². The van der Waals surface area contributed by atoms with Crippen molar-refractivity contribution in [3.05, 3.63) is 47.5 Å². The van der Waals surface area contributed by atoms with Crippen LogP contribution in [0.5, 0.6) is 0 Å². The predicted octanol–water partition coefficient (Wildman–Crippen LogP) is 2.74. The van der Waals surface area contributed by atoms with Crippen molar-refractivity contribution in [1.82, 2.24) is 10.6 Å². The molecule has 0 bridgehead atoms. The summed E-state index contributed by atoms with van der Waals surface area (Å²) in [5.74, 6) is -0.111. The first-order valence-corrected chi connectivity index (χ1v) is 12.9. The number of hydrogen-bond acceptors (Lipinski definition) is 6. The SMILES string of the molecule is CCCCCCCCCC(=O)NC(CN[C@@H]1C=C(CC)C(O)[C@H](O)C1O)C(O)c1ccccc1. The van der Waals surface area contributed by atoms with Gasteiger partial charge in [-0.3, -0.25) is 4.79 Å². The van der Waals surface area contributed by atoms with Crippen LogP contribution in [0, 0.1) is 0 Å². The van der Waals surface area contributed by atoms with Gasteiger partial charge in [0, 0.05) is 13.0 Å². The summed E-state index contributed by atoms with van der Waals surface area (Å²) in [6.07, 6.45) is 6.05. The van der Waals surface area contributed by atoms with Crippen LogP contribution < -0.4 is 10.6 Å². The Morgan fingerprint density at radius 1 is 0.941 bits per heavy atom. The maximum Gasteiger partial charge on any atom is 0.220 e. The molecule has 0 aliphatic heterocycles. The molecule has 7 nitrogen and oxygen atoms in total. The van der Waals surface area contributed by atoms with Crippen molar-refractivity contribution in [2.24, 2.45) is 0 Å². The van der Waals surface area contributed by atoms with E-state index in [4.69, 9.17) is 0 Å². The zero-order chi connectivity index (χ0) is 24.9. The van der Waals surface area contributed by atoms with Crippen LogP contribution in [0.3, 0.4) is 0 Å². The predicted molar refractivity (Wildman–Crippen MR) is 134 cm³/mol. The van der Waals surface area contributed by atoms with Gasteiger partial charge in [0.1, 0.15) is 24.4 Å². The molecule has 192 valence electrons. The maximum absolute atomic E-state index is 12.6. The van der Waals surface area contributed by atoms with Gasteiger partial charge >= 0.3 is 0 Å². The molecule has 1 aliphatic carbocycles. The van der Waals surface area contributed by atoms with Crippen LogP contribution in [0.1, 0.15) is 83.3 Å². The molecule has 0 heterocycles. The van der Waals surface area contributed by atoms with Gasteiger partial charge in [-0.2, -0.15) is 0 Å². The van der Waals surface area contributed by atoms with E-state index in [-0.39, 0.29) is 12.5 Å². The van der Waals surface area contributed by atoms with Gasteiger partial charge in [-0.05, 0) is 24.0 Å². The maximum atomic E-state index is 12.6. The molecule has 0 aromatic heterocycles. The van der Waals surface area contributed by atoms with Gasteiger partial charge < -0.3 is 31.1 Å². The van der Waals surface area contributed by atoms with E-state index in [2.05, 4.69) is 17.6 Å². The fourth-order valence-corrected chi connectivity index (χ4v) is 4.46. The Kier molecular flexibility index (Phi) is 12.8. The number of hydrogen-bond donors (Lipinski definition) is 6. The highest BCUT2D eigenvalue weighted by atomic mass is 16.4. The van der Waals surface area contributed by atoms with E-state index in [9.17, 15) is 25.2 Å². The third-order valence-electron chi connectivity index (χ3n) is 6.67. The van der Waals surface area contributed by atoms with E-state index in [1.807, 2.05) is 37.3 Å². The van der Waals surface area contributed by atoms with Crippen molar-refractivity contribution in [3.8, 4) is 0 Å². The molecule has 4 unspecified atom stereocenters. The summed E-state index contributed by atoms with van der Waals surface area (Å²) >= 11 is 0. The quantitative estimate of drug-likeness (QED) is 0.171. The van der Waals surface area contributed by atoms with Crippen molar-refractivity contribution in [2.75, 3.05) is 6.54 Å². The highest BCUT2D eigenvalue weighted by Crippen LogP contribution is 2.23. The summed E-state index contributed by atoms with van der Waals surface area (Å²) in [4.78, 5) is 12.6. The Labute approximate surface area is 204 Å². The van der Waals surface area contributed by atoms with Gasteiger partial charge in [0.05, 0.1) is 12.1 Å². The number of rotatable bonds is 15. The van der Waals surface area contributed by atoms with Crippen molar-refractivity contribution >= 4 is 5.91 Å². The fraction of sp³-hybridized carbons (Fsp3) is 0.667. The summed E-state index contributed by atoms with van der Waals surface area (Å²) in [5.41, 5.74) is 1.34. The molecule has 1 amide bonds. The van der Waals surface area contributed by atoms with Gasteiger partial charge in [-0.25, -0.2) is 0 Å². The minimum atomic E-state index is -1.29. The topological polar surface area (TPSA) is 122 Å². The Bertz CT molecular complexity index is 742. The molecule has 7 heteroatoms. The third kappa shape index (κ3) is 8.78. The van der Waals surface area contributed by atoms with Crippen molar-refractivity contribution in [3.63, 3.8) is 0 Å². The number of nitrogens with one attached hydrogen (secondary N) is 2. The summed E-state index contributed by atoms with van der Waals surface area (Å²) in [6, 6.07) is 7.94. The lowest BCUT2D eigenvalue weighted by Gasteiger charge is -2.36. The average molecular weight is 477 g/mol. The molecule has 6 atom stereocenters. The number of carbonyl (C=O) groups excluding carboxylic acids is 1. The van der Waals surface area contributed by atoms with Gasteiger partial charge in [-0.15, -0.1) is 0 Å². The van der Waals surface area contributed by atoms with Crippen LogP contribution >= 0.6 is 0 Å². The Hall–Kier alpha value is -1.77. The van der Waals surface area contributed by atoms with E-state index in [1.165, 1.54) is 25.7 Å². The van der Waals surface area contributed by atoms with Crippen LogP contribution in [0.15, 0.2) is 42.0 Å². The smallest absolute Gasteiger partial charge is 0.220 e. The standard InChI is InChI=1S/C27H44N2O5/c1-3-5-6-7-8-9-13-16-23(30)29-22(24(31)20-14-11-10-12-15-20)18-28-21-17-19(4-2)25(32)27(34)26(21)33/h10-12,14-15,17,21-22,24-28,31-34H,3-9,13,16,18H2,1-2H3,(H,29,30)/t21-,22?,24?,25?,26?,27+/m1/s1. The lowest BCUT2D eigenvalue weighted by atomic mass is 9.86. The largest absolute Gasteiger partial charge is 0.388 e. The molecule has 0 saturated heterocycles. The first-order chi connectivity index (χ1) is 16.4. The minimum Gasteiger partial charge on any atom is -0.388 e. The normalized spacial score (nSPS) is 24.4. The zero-order valence-electron chi connectivity index (χ0n) is 20.7. The van der Waals surface area contributed by atoms with Crippen LogP contribution in [0.2, 0.25) is 0 Å². The van der Waals surface area contributed by atoms with Crippen LogP contribution in [-0.2, 0) is 4.79 Å². The lowest BCUT2D eigenvalue weighted by Crippen LogP contribution is -2.56. The highest BCUT2D eigenvalue weighted by Gasteiger charge is 2.37. The van der Waals surface area contributed by atoms with E-state index in [0.717, 1.165) is 19.3 Å². The second-order valence-electron chi connectivity index (χ2n) is 9.36. The molecular formula is C27H44N2O5. The number of unbranched alkanes of at least 4 members (excludes halogenated alkanes) is 6. The van der Waals surface area contributed by atoms with Crippen LogP contribution in [0.4, 0.5) is 0 Å². The van der Waals surface area contributed by atoms with Gasteiger partial charge in [0.2, 0.25) is 5.91 Å². The molecule has 0 fully saturated rings. The van der Waals surface area contributed by atoms with E-state index >= 15 is 0 Å². The summed E-state index contributed by atoms with van der Waals surface area (Å²) in [6.45, 7) is 4.26. The van der Waals surface area contributed by atoms with Gasteiger partial charge in [0.25, 0.3) is 0 Å². The highest BCUT2D eigenvalue weighted by molar-refractivity contribution is 5.76. The fourth-order valence-electron chi connectivity index (χ4n) is 4.46. The second kappa shape index (κ2) is 15.3. The van der Waals surface area contributed by atoms with Crippen LogP contribution in [0.25, 0.3) is 0 Å². The van der Waals surface area contributed by atoms with E-state index in [0.29, 0.717) is 24.0 Å². The van der Waals surface area contributed by atoms with Gasteiger partial charge in [0.15, 0.2) is 0 Å². The van der Waals surface area contributed by atoms with E-state index < -0.39 is 36.5 Å². The lowest BCUT2D eigenvalue weighted by molar-refractivity contribution is -0.122. The minimum absolute atomic E-state index is 0.111. The molecule has 2 rings (SSSR count). The molecular weight excluding hydrogens is 432 g/mol. The molecule has 0 radical (unpaired) electrons. The summed E-state index contributed by atoms with van der Waals surface area (Å²) in [5, 5.41) is 47.9. The molecule has 1 aromatic rings. The number of amides is 1. The molecule has 1 aromatic carbocycles. The molecule has 6 N–H and O–H groups in total. The summed E-state index contributed by atoms with van der Waals surface area (Å²) < 4.78 is 0. The third-order valence-corrected chi connectivity index (χ3v) is 6.67. The Balaban J connectivity index is 1.97. The Morgan fingerprint density at radius 2 is 1.59 bits per heavy atom. The zero-order valence-corrected chi connectivity index (χ0v) is 20.7. The van der Waals surface area contributed by atoms with E-state index in [1.54, 1.807) is 6.08 Å². The summed E-state index contributed by atoms with van der Waals surface area (Å²) in [7, 11) is 0. The number of carbonyl (C=O) groups is 1. The van der Waals surface area contributed by atoms with Crippen molar-refractivity contribution < 1.29 is 25.2 Å². The monoisotopic (exact) mass is 476 g/mol. The van der Waals surface area contributed by atoms with Crippen molar-refractivity contribution in [1.29, 1.82) is 0 Å². The first-order valence-electron chi connectivity index (χ1n) is 12.9. The number of aliphatic hydroxyl groups is 4. The first kappa shape index (κ1) is 28.5. The molecule has 0 saturated carbocycles. The number of aliphatic hydroxyl groups excluding tert-OH is 4. The molecule has 34 heavy (non-hydrogen) atoms. The number of benzene rings is 1. The molecule has 0 spiro atoms. The Morgan fingerprint density at radius 3 is 2.24 bits per heavy atom. The van der Waals surface area contributed by atoms with Gasteiger partial charge in [-0.1, -0.05) is 88.8 Å². The second-order valence-corrected chi connectivity index (χ2v) is 9.36. The average Bonchev–Trinajstić information content (AvgIpc) is 2.85. The van der Waals surface area contributed by atoms with Crippen LogP contribution in [-0.4, -0.2) is 63.3 Å². The molecule has 1 aliphatic rings.